The number of hydrogen-bond acceptors (Lipinski definition) is 5. The molecule has 0 spiro atoms. The Hall–Kier alpha value is -3.10. The highest BCUT2D eigenvalue weighted by Crippen LogP contribution is 2.28. The highest BCUT2D eigenvalue weighted by atomic mass is 16.3. The first kappa shape index (κ1) is 17.3. The van der Waals surface area contributed by atoms with Gasteiger partial charge in [0.1, 0.15) is 11.9 Å². The summed E-state index contributed by atoms with van der Waals surface area (Å²) in [5.74, 6) is 1.21. The minimum atomic E-state index is 0.364. The van der Waals surface area contributed by atoms with Gasteiger partial charge >= 0.3 is 0 Å². The molecule has 0 atom stereocenters. The van der Waals surface area contributed by atoms with Crippen LogP contribution in [0, 0.1) is 11.3 Å². The summed E-state index contributed by atoms with van der Waals surface area (Å²) >= 11 is 0. The number of allylic oxidation sites excluding steroid dienone is 1. The van der Waals surface area contributed by atoms with Crippen LogP contribution in [-0.2, 0) is 6.42 Å². The highest BCUT2D eigenvalue weighted by Gasteiger charge is 2.16. The zero-order valence-corrected chi connectivity index (χ0v) is 15.1. The SMILES string of the molecule is N#Cc1oc2cnc(NC3CCNCC3)cc2c1C/C=C/c1ccccc1. The summed E-state index contributed by atoms with van der Waals surface area (Å²) in [6.45, 7) is 2.06. The number of nitrogens with zero attached hydrogens (tertiary/aromatic N) is 2. The summed E-state index contributed by atoms with van der Waals surface area (Å²) in [5.41, 5.74) is 2.71. The van der Waals surface area contributed by atoms with E-state index >= 15 is 0 Å². The molecule has 0 amide bonds. The monoisotopic (exact) mass is 358 g/mol. The topological polar surface area (TPSA) is 73.9 Å². The van der Waals surface area contributed by atoms with Crippen LogP contribution in [0.2, 0.25) is 0 Å². The maximum atomic E-state index is 9.46. The Morgan fingerprint density at radius 2 is 2.07 bits per heavy atom. The van der Waals surface area contributed by atoms with Crippen molar-refractivity contribution in [1.82, 2.24) is 10.3 Å². The summed E-state index contributed by atoms with van der Waals surface area (Å²) in [4.78, 5) is 4.46. The molecule has 1 fully saturated rings. The maximum absolute atomic E-state index is 9.46. The van der Waals surface area contributed by atoms with E-state index in [4.69, 9.17) is 4.42 Å². The molecule has 0 unspecified atom stereocenters. The minimum Gasteiger partial charge on any atom is -0.444 e. The van der Waals surface area contributed by atoms with Crippen LogP contribution in [0.5, 0.6) is 0 Å². The van der Waals surface area contributed by atoms with E-state index in [1.807, 2.05) is 24.3 Å². The molecular weight excluding hydrogens is 336 g/mol. The molecule has 3 heterocycles. The molecule has 5 heteroatoms. The fourth-order valence-electron chi connectivity index (χ4n) is 3.48. The van der Waals surface area contributed by atoms with E-state index in [1.54, 1.807) is 6.20 Å². The Morgan fingerprint density at radius 3 is 2.85 bits per heavy atom. The van der Waals surface area contributed by atoms with Crippen molar-refractivity contribution in [2.45, 2.75) is 25.3 Å². The largest absolute Gasteiger partial charge is 0.444 e. The lowest BCUT2D eigenvalue weighted by Gasteiger charge is -2.24. The Bertz CT molecular complexity index is 979. The summed E-state index contributed by atoms with van der Waals surface area (Å²) in [6.07, 6.45) is 8.66. The van der Waals surface area contributed by atoms with Crippen molar-refractivity contribution in [3.8, 4) is 6.07 Å². The molecule has 0 bridgehead atoms. The average molecular weight is 358 g/mol. The van der Waals surface area contributed by atoms with E-state index in [0.717, 1.165) is 48.3 Å². The molecule has 5 nitrogen and oxygen atoms in total. The number of furan rings is 1. The van der Waals surface area contributed by atoms with E-state index in [-0.39, 0.29) is 0 Å². The highest BCUT2D eigenvalue weighted by molar-refractivity contribution is 5.85. The van der Waals surface area contributed by atoms with Crippen molar-refractivity contribution in [1.29, 1.82) is 5.26 Å². The first-order valence-corrected chi connectivity index (χ1v) is 9.34. The molecule has 27 heavy (non-hydrogen) atoms. The van der Waals surface area contributed by atoms with Gasteiger partial charge in [-0.05, 0) is 44.0 Å². The molecule has 1 aromatic carbocycles. The van der Waals surface area contributed by atoms with Crippen LogP contribution >= 0.6 is 0 Å². The molecule has 1 saturated heterocycles. The number of nitrogens with one attached hydrogen (secondary N) is 2. The maximum Gasteiger partial charge on any atom is 0.208 e. The first-order valence-electron chi connectivity index (χ1n) is 9.34. The van der Waals surface area contributed by atoms with Gasteiger partial charge in [-0.2, -0.15) is 5.26 Å². The normalized spacial score (nSPS) is 15.2. The number of pyridine rings is 1. The molecule has 4 rings (SSSR count). The number of hydrogen-bond donors (Lipinski definition) is 2. The Labute approximate surface area is 158 Å². The Balaban J connectivity index is 1.59. The number of nitriles is 1. The predicted octanol–water partition coefficient (Wildman–Crippen LogP) is 4.12. The summed E-state index contributed by atoms with van der Waals surface area (Å²) < 4.78 is 5.70. The van der Waals surface area contributed by atoms with Gasteiger partial charge in [-0.15, -0.1) is 0 Å². The lowest BCUT2D eigenvalue weighted by molar-refractivity contribution is 0.478. The molecule has 0 saturated carbocycles. The summed E-state index contributed by atoms with van der Waals surface area (Å²) in [7, 11) is 0. The van der Waals surface area contributed by atoms with Crippen LogP contribution in [0.4, 0.5) is 5.82 Å². The van der Waals surface area contributed by atoms with Gasteiger partial charge in [-0.1, -0.05) is 42.5 Å². The standard InChI is InChI=1S/C22H22N4O/c23-14-20-18(8-4-7-16-5-2-1-3-6-16)19-13-22(25-15-21(19)27-20)26-17-9-11-24-12-10-17/h1-7,13,15,17,24H,8-12H2,(H,25,26)/b7-4+. The van der Waals surface area contributed by atoms with E-state index in [1.165, 1.54) is 0 Å². The number of anilines is 1. The second kappa shape index (κ2) is 8.07. The van der Waals surface area contributed by atoms with Crippen LogP contribution in [0.25, 0.3) is 17.0 Å². The zero-order valence-electron chi connectivity index (χ0n) is 15.1. The third kappa shape index (κ3) is 4.02. The number of piperidine rings is 1. The van der Waals surface area contributed by atoms with Gasteiger partial charge in [0.15, 0.2) is 5.58 Å². The van der Waals surface area contributed by atoms with Crippen molar-refractivity contribution in [2.24, 2.45) is 0 Å². The molecule has 1 aliphatic rings. The molecule has 136 valence electrons. The summed E-state index contributed by atoms with van der Waals surface area (Å²) in [6, 6.07) is 14.7. The van der Waals surface area contributed by atoms with Gasteiger partial charge < -0.3 is 15.1 Å². The van der Waals surface area contributed by atoms with Crippen LogP contribution in [0.3, 0.4) is 0 Å². The van der Waals surface area contributed by atoms with Crippen molar-refractivity contribution >= 4 is 22.9 Å². The Morgan fingerprint density at radius 1 is 1.26 bits per heavy atom. The summed E-state index contributed by atoms with van der Waals surface area (Å²) in [5, 5.41) is 17.3. The van der Waals surface area contributed by atoms with E-state index in [2.05, 4.69) is 46.0 Å². The second-order valence-corrected chi connectivity index (χ2v) is 6.77. The molecule has 3 aromatic rings. The average Bonchev–Trinajstić information content (AvgIpc) is 3.07. The molecule has 2 aromatic heterocycles. The Kier molecular flexibility index (Phi) is 5.17. The van der Waals surface area contributed by atoms with E-state index in [0.29, 0.717) is 23.8 Å². The number of aromatic nitrogens is 1. The molecule has 0 radical (unpaired) electrons. The fourth-order valence-corrected chi connectivity index (χ4v) is 3.48. The third-order valence-corrected chi connectivity index (χ3v) is 4.90. The second-order valence-electron chi connectivity index (χ2n) is 6.77. The first-order chi connectivity index (χ1) is 13.3. The van der Waals surface area contributed by atoms with Crippen LogP contribution in [0.1, 0.15) is 29.7 Å². The lowest BCUT2D eigenvalue weighted by Crippen LogP contribution is -2.35. The number of rotatable bonds is 5. The van der Waals surface area contributed by atoms with Crippen molar-refractivity contribution < 1.29 is 4.42 Å². The quantitative estimate of drug-likeness (QED) is 0.718. The number of fused-ring (bicyclic) bond motifs is 1. The van der Waals surface area contributed by atoms with Crippen LogP contribution in [-0.4, -0.2) is 24.1 Å². The molecule has 2 N–H and O–H groups in total. The van der Waals surface area contributed by atoms with Crippen molar-refractivity contribution in [3.05, 3.63) is 65.6 Å². The van der Waals surface area contributed by atoms with E-state index < -0.39 is 0 Å². The number of benzene rings is 1. The van der Waals surface area contributed by atoms with Crippen LogP contribution < -0.4 is 10.6 Å². The van der Waals surface area contributed by atoms with Crippen molar-refractivity contribution in [3.63, 3.8) is 0 Å². The van der Waals surface area contributed by atoms with Gasteiger partial charge in [-0.3, -0.25) is 0 Å². The smallest absolute Gasteiger partial charge is 0.208 e. The van der Waals surface area contributed by atoms with Gasteiger partial charge in [0.2, 0.25) is 5.76 Å². The molecule has 1 aliphatic heterocycles. The van der Waals surface area contributed by atoms with Crippen LogP contribution in [0.15, 0.2) is 53.1 Å². The van der Waals surface area contributed by atoms with Gasteiger partial charge in [0.05, 0.1) is 6.20 Å². The third-order valence-electron chi connectivity index (χ3n) is 4.90. The lowest BCUT2D eigenvalue weighted by atomic mass is 10.1. The fraction of sp³-hybridized carbons (Fsp3) is 0.273. The predicted molar refractivity (Wildman–Crippen MR) is 107 cm³/mol. The molecule has 0 aliphatic carbocycles. The van der Waals surface area contributed by atoms with Gasteiger partial charge in [0.25, 0.3) is 0 Å². The van der Waals surface area contributed by atoms with Gasteiger partial charge in [-0.25, -0.2) is 4.98 Å². The minimum absolute atomic E-state index is 0.364. The van der Waals surface area contributed by atoms with Crippen molar-refractivity contribution in [2.75, 3.05) is 18.4 Å². The zero-order chi connectivity index (χ0) is 18.5. The molecular formula is C22H22N4O. The van der Waals surface area contributed by atoms with E-state index in [9.17, 15) is 5.26 Å². The van der Waals surface area contributed by atoms with Gasteiger partial charge in [0, 0.05) is 17.0 Å².